The molecule has 2 aliphatic rings. The Balaban J connectivity index is 1.96. The molecule has 1 aliphatic carbocycles. The van der Waals surface area contributed by atoms with Gasteiger partial charge < -0.3 is 25.5 Å². The number of hydrogen-bond acceptors (Lipinski definition) is 5. The maximum Gasteiger partial charge on any atom is 0.247 e. The fourth-order valence-electron chi connectivity index (χ4n) is 5.64. The standard InChI is InChI=1S/C27H40N4O4/c1-7-30(8-2)19-12-10-18(11-13-19)29-26(34)24-20-14-9-17(5)22(25(33)28-6)23(20)27(35)31(24)21(15-32)16(3)4/h9-14,16-17,20-24,32H,7-8,15H2,1-6H3,(H,28,33)(H,29,34)/t17-,20+,21+,22-,23+,24+/m1/s1. The molecule has 1 aliphatic heterocycles. The second-order valence-corrected chi connectivity index (χ2v) is 9.88. The smallest absolute Gasteiger partial charge is 0.247 e. The van der Waals surface area contributed by atoms with Crippen molar-refractivity contribution < 1.29 is 19.5 Å². The van der Waals surface area contributed by atoms with Crippen molar-refractivity contribution >= 4 is 29.1 Å². The largest absolute Gasteiger partial charge is 0.394 e. The molecule has 1 aromatic carbocycles. The number of fused-ring (bicyclic) bond motifs is 1. The molecule has 3 amide bonds. The average molecular weight is 485 g/mol. The highest BCUT2D eigenvalue weighted by atomic mass is 16.3. The number of allylic oxidation sites excluding steroid dienone is 1. The van der Waals surface area contributed by atoms with Crippen molar-refractivity contribution in [2.45, 2.75) is 46.7 Å². The minimum absolute atomic E-state index is 0.0624. The second-order valence-electron chi connectivity index (χ2n) is 9.88. The van der Waals surface area contributed by atoms with Crippen LogP contribution in [0.15, 0.2) is 36.4 Å². The Kier molecular flexibility index (Phi) is 8.59. The molecule has 8 heteroatoms. The lowest BCUT2D eigenvalue weighted by molar-refractivity contribution is -0.143. The molecule has 0 aromatic heterocycles. The highest BCUT2D eigenvalue weighted by molar-refractivity contribution is 6.02. The first-order chi connectivity index (χ1) is 16.7. The predicted molar refractivity (Wildman–Crippen MR) is 138 cm³/mol. The van der Waals surface area contributed by atoms with E-state index in [1.54, 1.807) is 7.05 Å². The van der Waals surface area contributed by atoms with Gasteiger partial charge in [-0.05, 0) is 49.9 Å². The molecule has 0 radical (unpaired) electrons. The molecule has 35 heavy (non-hydrogen) atoms. The zero-order valence-electron chi connectivity index (χ0n) is 21.7. The predicted octanol–water partition coefficient (Wildman–Crippen LogP) is 2.50. The number of hydrogen-bond donors (Lipinski definition) is 3. The van der Waals surface area contributed by atoms with E-state index in [1.807, 2.05) is 57.2 Å². The maximum atomic E-state index is 13.8. The van der Waals surface area contributed by atoms with E-state index in [0.29, 0.717) is 5.69 Å². The van der Waals surface area contributed by atoms with Crippen molar-refractivity contribution in [2.75, 3.05) is 37.0 Å². The zero-order valence-corrected chi connectivity index (χ0v) is 21.7. The number of amides is 3. The van der Waals surface area contributed by atoms with Gasteiger partial charge in [-0.25, -0.2) is 0 Å². The summed E-state index contributed by atoms with van der Waals surface area (Å²) >= 11 is 0. The van der Waals surface area contributed by atoms with Crippen molar-refractivity contribution in [3.8, 4) is 0 Å². The Labute approximate surface area is 208 Å². The molecular weight excluding hydrogens is 444 g/mol. The van der Waals surface area contributed by atoms with Crippen LogP contribution in [0.1, 0.15) is 34.6 Å². The molecule has 1 saturated heterocycles. The molecule has 0 bridgehead atoms. The molecule has 0 spiro atoms. The Hall–Kier alpha value is -2.87. The number of rotatable bonds is 9. The van der Waals surface area contributed by atoms with Gasteiger partial charge in [0.25, 0.3) is 0 Å². The van der Waals surface area contributed by atoms with Crippen LogP contribution in [-0.4, -0.2) is 66.6 Å². The van der Waals surface area contributed by atoms with Crippen LogP contribution >= 0.6 is 0 Å². The van der Waals surface area contributed by atoms with Gasteiger partial charge in [-0.1, -0.05) is 32.9 Å². The van der Waals surface area contributed by atoms with Gasteiger partial charge in [-0.15, -0.1) is 0 Å². The van der Waals surface area contributed by atoms with Crippen LogP contribution in [0.2, 0.25) is 0 Å². The summed E-state index contributed by atoms with van der Waals surface area (Å²) in [5, 5.41) is 15.9. The van der Waals surface area contributed by atoms with Crippen molar-refractivity contribution in [1.82, 2.24) is 10.2 Å². The first-order valence-corrected chi connectivity index (χ1v) is 12.7. The quantitative estimate of drug-likeness (QED) is 0.468. The number of likely N-dealkylation sites (tertiary alicyclic amines) is 1. The molecule has 3 N–H and O–H groups in total. The third kappa shape index (κ3) is 5.08. The van der Waals surface area contributed by atoms with E-state index >= 15 is 0 Å². The van der Waals surface area contributed by atoms with Gasteiger partial charge in [-0.3, -0.25) is 14.4 Å². The molecule has 3 rings (SSSR count). The van der Waals surface area contributed by atoms with Gasteiger partial charge in [0.1, 0.15) is 6.04 Å². The normalized spacial score (nSPS) is 26.5. The minimum atomic E-state index is -0.814. The summed E-state index contributed by atoms with van der Waals surface area (Å²) in [5.41, 5.74) is 1.71. The van der Waals surface area contributed by atoms with E-state index in [1.165, 1.54) is 4.90 Å². The summed E-state index contributed by atoms with van der Waals surface area (Å²) < 4.78 is 0. The summed E-state index contributed by atoms with van der Waals surface area (Å²) in [5.74, 6) is -2.63. The minimum Gasteiger partial charge on any atom is -0.394 e. The van der Waals surface area contributed by atoms with Crippen molar-refractivity contribution in [2.24, 2.45) is 29.6 Å². The highest BCUT2D eigenvalue weighted by Gasteiger charge is 2.58. The van der Waals surface area contributed by atoms with Gasteiger partial charge in [0.15, 0.2) is 0 Å². The van der Waals surface area contributed by atoms with Crippen LogP contribution in [0, 0.1) is 29.6 Å². The summed E-state index contributed by atoms with van der Waals surface area (Å²) in [6.45, 7) is 11.5. The Morgan fingerprint density at radius 2 is 1.71 bits per heavy atom. The molecule has 0 saturated carbocycles. The van der Waals surface area contributed by atoms with Crippen molar-refractivity contribution in [1.29, 1.82) is 0 Å². The molecule has 0 unspecified atom stereocenters. The number of anilines is 2. The molecule has 192 valence electrons. The van der Waals surface area contributed by atoms with Gasteiger partial charge in [0, 0.05) is 37.4 Å². The summed E-state index contributed by atoms with van der Waals surface area (Å²) in [6, 6.07) is 6.33. The third-order valence-electron chi connectivity index (χ3n) is 7.60. The SMILES string of the molecule is CCN(CC)c1ccc(NC(=O)[C@@H]2[C@H]3C=C[C@@H](C)[C@@H](C(=O)NC)[C@H]3C(=O)N2[C@@H](CO)C(C)C)cc1. The summed E-state index contributed by atoms with van der Waals surface area (Å²) in [7, 11) is 1.57. The number of aliphatic hydroxyl groups is 1. The van der Waals surface area contributed by atoms with Crippen molar-refractivity contribution in [3.05, 3.63) is 36.4 Å². The molecule has 1 heterocycles. The van der Waals surface area contributed by atoms with Crippen LogP contribution in [-0.2, 0) is 14.4 Å². The second kappa shape index (κ2) is 11.2. The Morgan fingerprint density at radius 3 is 2.23 bits per heavy atom. The first kappa shape index (κ1) is 26.7. The van der Waals surface area contributed by atoms with E-state index in [2.05, 4.69) is 29.4 Å². The number of nitrogens with one attached hydrogen (secondary N) is 2. The van der Waals surface area contributed by atoms with Gasteiger partial charge in [0.05, 0.1) is 24.5 Å². The van der Waals surface area contributed by atoms with Crippen LogP contribution in [0.4, 0.5) is 11.4 Å². The van der Waals surface area contributed by atoms with Crippen LogP contribution in [0.5, 0.6) is 0 Å². The zero-order chi connectivity index (χ0) is 25.9. The number of benzene rings is 1. The Morgan fingerprint density at radius 1 is 1.09 bits per heavy atom. The monoisotopic (exact) mass is 484 g/mol. The van der Waals surface area contributed by atoms with Gasteiger partial charge >= 0.3 is 0 Å². The van der Waals surface area contributed by atoms with E-state index in [0.717, 1.165) is 18.8 Å². The van der Waals surface area contributed by atoms with E-state index in [-0.39, 0.29) is 36.2 Å². The van der Waals surface area contributed by atoms with Crippen LogP contribution < -0.4 is 15.5 Å². The summed E-state index contributed by atoms with van der Waals surface area (Å²) in [4.78, 5) is 44.0. The first-order valence-electron chi connectivity index (χ1n) is 12.7. The number of nitrogens with zero attached hydrogens (tertiary/aromatic N) is 2. The molecule has 1 aromatic rings. The maximum absolute atomic E-state index is 13.8. The Bertz CT molecular complexity index is 941. The fourth-order valence-corrected chi connectivity index (χ4v) is 5.64. The molecule has 6 atom stereocenters. The number of carbonyl (C=O) groups is 3. The molecule has 8 nitrogen and oxygen atoms in total. The van der Waals surface area contributed by atoms with E-state index in [4.69, 9.17) is 0 Å². The lowest BCUT2D eigenvalue weighted by atomic mass is 9.70. The lowest BCUT2D eigenvalue weighted by Crippen LogP contribution is -2.52. The van der Waals surface area contributed by atoms with E-state index in [9.17, 15) is 19.5 Å². The molecule has 1 fully saturated rings. The topological polar surface area (TPSA) is 102 Å². The fraction of sp³-hybridized carbons (Fsp3) is 0.593. The lowest BCUT2D eigenvalue weighted by Gasteiger charge is -2.35. The summed E-state index contributed by atoms with van der Waals surface area (Å²) in [6.07, 6.45) is 3.84. The highest BCUT2D eigenvalue weighted by Crippen LogP contribution is 2.45. The van der Waals surface area contributed by atoms with Crippen LogP contribution in [0.25, 0.3) is 0 Å². The number of aliphatic hydroxyl groups excluding tert-OH is 1. The average Bonchev–Trinajstić information content (AvgIpc) is 3.13. The van der Waals surface area contributed by atoms with Gasteiger partial charge in [0.2, 0.25) is 17.7 Å². The van der Waals surface area contributed by atoms with E-state index < -0.39 is 29.8 Å². The van der Waals surface area contributed by atoms with Crippen LogP contribution in [0.3, 0.4) is 0 Å². The third-order valence-corrected chi connectivity index (χ3v) is 7.60. The molecular formula is C27H40N4O4. The number of carbonyl (C=O) groups excluding carboxylic acids is 3. The van der Waals surface area contributed by atoms with Gasteiger partial charge in [-0.2, -0.15) is 0 Å². The van der Waals surface area contributed by atoms with Crippen molar-refractivity contribution in [3.63, 3.8) is 0 Å².